The van der Waals surface area contributed by atoms with Crippen molar-refractivity contribution in [2.24, 2.45) is 0 Å². The van der Waals surface area contributed by atoms with Crippen LogP contribution in [0.1, 0.15) is 6.42 Å². The van der Waals surface area contributed by atoms with Crippen LogP contribution in [0.3, 0.4) is 0 Å². The van der Waals surface area contributed by atoms with Gasteiger partial charge in [-0.2, -0.15) is 0 Å². The molecule has 1 radical (unpaired) electrons. The lowest BCUT2D eigenvalue weighted by molar-refractivity contribution is -0.0460. The van der Waals surface area contributed by atoms with E-state index in [1.54, 1.807) is 0 Å². The maximum Gasteiger partial charge on any atom is 0.0768 e. The van der Waals surface area contributed by atoms with E-state index in [2.05, 4.69) is 16.8 Å². The monoisotopic (exact) mass is 155 g/mol. The summed E-state index contributed by atoms with van der Waals surface area (Å²) >= 11 is 0. The average molecular weight is 155 g/mol. The molecule has 1 unspecified atom stereocenters. The maximum atomic E-state index is 5.32. The van der Waals surface area contributed by atoms with Gasteiger partial charge in [0.1, 0.15) is 0 Å². The van der Waals surface area contributed by atoms with Gasteiger partial charge in [-0.1, -0.05) is 0 Å². The molecule has 2 aliphatic rings. The summed E-state index contributed by atoms with van der Waals surface area (Å²) in [6.45, 7) is 7.70. The van der Waals surface area contributed by atoms with Crippen molar-refractivity contribution in [1.82, 2.24) is 10.2 Å². The van der Waals surface area contributed by atoms with Crippen LogP contribution in [0.5, 0.6) is 0 Å². The Balaban J connectivity index is 1.67. The van der Waals surface area contributed by atoms with Crippen LogP contribution in [-0.2, 0) is 4.74 Å². The van der Waals surface area contributed by atoms with E-state index in [0.717, 1.165) is 32.8 Å². The Morgan fingerprint density at radius 3 is 2.64 bits per heavy atom. The molecule has 2 fully saturated rings. The van der Waals surface area contributed by atoms with Crippen molar-refractivity contribution in [2.75, 3.05) is 32.8 Å². The Bertz CT molecular complexity index is 119. The highest BCUT2D eigenvalue weighted by molar-refractivity contribution is 4.85. The fourth-order valence-corrected chi connectivity index (χ4v) is 1.44. The van der Waals surface area contributed by atoms with E-state index in [9.17, 15) is 0 Å². The maximum absolute atomic E-state index is 5.32. The fourth-order valence-electron chi connectivity index (χ4n) is 1.44. The van der Waals surface area contributed by atoms with E-state index in [-0.39, 0.29) is 0 Å². The van der Waals surface area contributed by atoms with Gasteiger partial charge in [0.25, 0.3) is 0 Å². The molecule has 2 aliphatic heterocycles. The van der Waals surface area contributed by atoms with E-state index in [1.807, 2.05) is 0 Å². The fraction of sp³-hybridized carbons (Fsp3) is 0.875. The van der Waals surface area contributed by atoms with E-state index in [1.165, 1.54) is 6.42 Å². The summed E-state index contributed by atoms with van der Waals surface area (Å²) in [7, 11) is 0. The standard InChI is InChI=1S/C8H15N2O/c1-6-11-8(1)7-10-4-2-9-3-5-10/h7-9H,1-6H2. The van der Waals surface area contributed by atoms with Gasteiger partial charge in [0.15, 0.2) is 0 Å². The predicted octanol–water partition coefficient (Wildman–Crippen LogP) is -0.158. The van der Waals surface area contributed by atoms with E-state index >= 15 is 0 Å². The summed E-state index contributed by atoms with van der Waals surface area (Å²) in [4.78, 5) is 2.36. The summed E-state index contributed by atoms with van der Waals surface area (Å²) in [5, 5.41) is 3.32. The van der Waals surface area contributed by atoms with Crippen molar-refractivity contribution >= 4 is 0 Å². The van der Waals surface area contributed by atoms with Crippen molar-refractivity contribution in [1.29, 1.82) is 0 Å². The van der Waals surface area contributed by atoms with Crippen molar-refractivity contribution in [3.8, 4) is 0 Å². The smallest absolute Gasteiger partial charge is 0.0768 e. The van der Waals surface area contributed by atoms with Crippen LogP contribution in [0.25, 0.3) is 0 Å². The van der Waals surface area contributed by atoms with Crippen molar-refractivity contribution < 1.29 is 4.74 Å². The minimum Gasteiger partial charge on any atom is -0.376 e. The third kappa shape index (κ3) is 1.92. The third-order valence-corrected chi connectivity index (χ3v) is 2.26. The second-order valence-electron chi connectivity index (χ2n) is 3.13. The van der Waals surface area contributed by atoms with Crippen LogP contribution < -0.4 is 5.32 Å². The van der Waals surface area contributed by atoms with Crippen molar-refractivity contribution in [3.05, 3.63) is 6.54 Å². The first-order chi connectivity index (χ1) is 5.45. The molecule has 0 bridgehead atoms. The Hall–Kier alpha value is -0.120. The summed E-state index contributed by atoms with van der Waals surface area (Å²) in [6, 6.07) is 0. The minimum absolute atomic E-state index is 0.424. The van der Waals surface area contributed by atoms with E-state index in [4.69, 9.17) is 4.74 Å². The Morgan fingerprint density at radius 1 is 1.36 bits per heavy atom. The van der Waals surface area contributed by atoms with Crippen LogP contribution in [0.15, 0.2) is 0 Å². The lowest BCUT2D eigenvalue weighted by atomic mass is 10.1. The molecular formula is C8H15N2O. The van der Waals surface area contributed by atoms with Crippen molar-refractivity contribution in [2.45, 2.75) is 12.5 Å². The quantitative estimate of drug-likeness (QED) is 0.600. The zero-order valence-electron chi connectivity index (χ0n) is 6.75. The Morgan fingerprint density at radius 2 is 2.09 bits per heavy atom. The number of hydrogen-bond donors (Lipinski definition) is 1. The molecule has 11 heavy (non-hydrogen) atoms. The first-order valence-corrected chi connectivity index (χ1v) is 4.36. The van der Waals surface area contributed by atoms with Gasteiger partial charge in [0, 0.05) is 32.8 Å². The largest absolute Gasteiger partial charge is 0.376 e. The first kappa shape index (κ1) is 7.53. The predicted molar refractivity (Wildman–Crippen MR) is 43.1 cm³/mol. The molecule has 2 heterocycles. The van der Waals surface area contributed by atoms with Gasteiger partial charge in [-0.15, -0.1) is 0 Å². The second kappa shape index (κ2) is 3.52. The minimum atomic E-state index is 0.424. The van der Waals surface area contributed by atoms with E-state index < -0.39 is 0 Å². The molecule has 0 spiro atoms. The number of nitrogens with one attached hydrogen (secondary N) is 1. The first-order valence-electron chi connectivity index (χ1n) is 4.36. The highest BCUT2D eigenvalue weighted by Gasteiger charge is 2.22. The lowest BCUT2D eigenvalue weighted by Crippen LogP contribution is -2.45. The van der Waals surface area contributed by atoms with Crippen molar-refractivity contribution in [3.63, 3.8) is 0 Å². The highest BCUT2D eigenvalue weighted by Crippen LogP contribution is 2.15. The van der Waals surface area contributed by atoms with Gasteiger partial charge < -0.3 is 10.1 Å². The highest BCUT2D eigenvalue weighted by atomic mass is 16.5. The lowest BCUT2D eigenvalue weighted by Gasteiger charge is -2.34. The van der Waals surface area contributed by atoms with E-state index in [0.29, 0.717) is 6.10 Å². The number of hydrogen-bond acceptors (Lipinski definition) is 3. The molecule has 0 aromatic heterocycles. The molecule has 1 N–H and O–H groups in total. The van der Waals surface area contributed by atoms with Gasteiger partial charge in [0.05, 0.1) is 12.6 Å². The molecule has 3 nitrogen and oxygen atoms in total. The summed E-state index contributed by atoms with van der Waals surface area (Å²) in [5.41, 5.74) is 0. The number of nitrogens with zero attached hydrogens (tertiary/aromatic N) is 1. The summed E-state index contributed by atoms with van der Waals surface area (Å²) < 4.78 is 5.32. The molecule has 1 atom stereocenters. The SMILES string of the molecule is [CH](C1CCO1)N1CCNCC1. The molecule has 0 aromatic rings. The topological polar surface area (TPSA) is 24.5 Å². The Kier molecular flexibility index (Phi) is 2.41. The Labute approximate surface area is 67.7 Å². The molecule has 63 valence electrons. The van der Waals surface area contributed by atoms with Gasteiger partial charge in [-0.25, -0.2) is 0 Å². The van der Waals surface area contributed by atoms with Crippen LogP contribution in [0, 0.1) is 6.54 Å². The second-order valence-corrected chi connectivity index (χ2v) is 3.13. The zero-order valence-corrected chi connectivity index (χ0v) is 6.75. The molecule has 3 heteroatoms. The summed E-state index contributed by atoms with van der Waals surface area (Å²) in [5.74, 6) is 0. The molecule has 0 aromatic carbocycles. The summed E-state index contributed by atoms with van der Waals surface area (Å²) in [6.07, 6.45) is 1.64. The normalized spacial score (nSPS) is 33.3. The van der Waals surface area contributed by atoms with Gasteiger partial charge in [-0.05, 0) is 6.42 Å². The van der Waals surface area contributed by atoms with Gasteiger partial charge in [-0.3, -0.25) is 4.90 Å². The molecule has 0 amide bonds. The zero-order chi connectivity index (χ0) is 7.52. The van der Waals surface area contributed by atoms with Crippen LogP contribution in [-0.4, -0.2) is 43.8 Å². The molecule has 2 saturated heterocycles. The number of rotatable bonds is 2. The average Bonchev–Trinajstić information content (AvgIpc) is 1.99. The van der Waals surface area contributed by atoms with Crippen LogP contribution in [0.2, 0.25) is 0 Å². The van der Waals surface area contributed by atoms with Gasteiger partial charge in [0.2, 0.25) is 0 Å². The molecule has 0 aliphatic carbocycles. The number of piperazine rings is 1. The molecule has 0 saturated carbocycles. The third-order valence-electron chi connectivity index (χ3n) is 2.26. The van der Waals surface area contributed by atoms with Gasteiger partial charge >= 0.3 is 0 Å². The van der Waals surface area contributed by atoms with Crippen LogP contribution in [0.4, 0.5) is 0 Å². The molecule has 2 rings (SSSR count). The van der Waals surface area contributed by atoms with Crippen LogP contribution >= 0.6 is 0 Å². The number of ether oxygens (including phenoxy) is 1. The molecular weight excluding hydrogens is 140 g/mol.